The predicted octanol–water partition coefficient (Wildman–Crippen LogP) is 3.07. The molecule has 0 heterocycles. The van der Waals surface area contributed by atoms with Gasteiger partial charge in [-0.15, -0.1) is 0 Å². The molecule has 0 aliphatic heterocycles. The van der Waals surface area contributed by atoms with Crippen LogP contribution in [0.5, 0.6) is 11.5 Å². The molecule has 3 heteroatoms. The van der Waals surface area contributed by atoms with Gasteiger partial charge in [-0.1, -0.05) is 6.07 Å². The Balaban J connectivity index is 3.16. The Bertz CT molecular complexity index is 368. The van der Waals surface area contributed by atoms with E-state index in [1.54, 1.807) is 7.11 Å². The molecule has 0 N–H and O–H groups in total. The Hall–Kier alpha value is -1.69. The van der Waals surface area contributed by atoms with Gasteiger partial charge >= 0.3 is 0 Å². The van der Waals surface area contributed by atoms with Crippen LogP contribution in [-0.4, -0.2) is 13.7 Å². The second-order valence-electron chi connectivity index (χ2n) is 3.12. The zero-order valence-electron chi connectivity index (χ0n) is 9.28. The average molecular weight is 205 g/mol. The van der Waals surface area contributed by atoms with Gasteiger partial charge in [0.15, 0.2) is 11.5 Å². The van der Waals surface area contributed by atoms with E-state index in [0.29, 0.717) is 18.1 Å². The number of para-hydroxylation sites is 1. The maximum Gasteiger partial charge on any atom is 0.249 e. The van der Waals surface area contributed by atoms with Gasteiger partial charge in [-0.05, 0) is 19.1 Å². The van der Waals surface area contributed by atoms with E-state index >= 15 is 0 Å². The summed E-state index contributed by atoms with van der Waals surface area (Å²) >= 11 is 0. The number of ether oxygens (including phenoxy) is 2. The van der Waals surface area contributed by atoms with Crippen molar-refractivity contribution in [1.29, 1.82) is 0 Å². The molecular formula is C12H15NO2. The number of nitrogens with zero attached hydrogens (tertiary/aromatic N) is 1. The molecule has 15 heavy (non-hydrogen) atoms. The van der Waals surface area contributed by atoms with Crippen molar-refractivity contribution in [1.82, 2.24) is 0 Å². The van der Waals surface area contributed by atoms with Crippen molar-refractivity contribution >= 4 is 0 Å². The van der Waals surface area contributed by atoms with Crippen LogP contribution >= 0.6 is 0 Å². The largest absolute Gasteiger partial charge is 0.492 e. The van der Waals surface area contributed by atoms with Crippen LogP contribution in [0, 0.1) is 6.57 Å². The topological polar surface area (TPSA) is 22.8 Å². The van der Waals surface area contributed by atoms with Crippen LogP contribution in [0.3, 0.4) is 0 Å². The quantitative estimate of drug-likeness (QED) is 0.705. The monoisotopic (exact) mass is 205 g/mol. The van der Waals surface area contributed by atoms with E-state index in [1.165, 1.54) is 0 Å². The van der Waals surface area contributed by atoms with Crippen molar-refractivity contribution < 1.29 is 9.47 Å². The lowest BCUT2D eigenvalue weighted by Crippen LogP contribution is -1.99. The summed E-state index contributed by atoms with van der Waals surface area (Å²) in [5.74, 6) is 1.37. The lowest BCUT2D eigenvalue weighted by molar-refractivity contribution is 0.309. The number of benzene rings is 1. The smallest absolute Gasteiger partial charge is 0.249 e. The third-order valence-corrected chi connectivity index (χ3v) is 2.16. The molecule has 1 aromatic carbocycles. The Morgan fingerprint density at radius 1 is 1.47 bits per heavy atom. The minimum atomic E-state index is -0.208. The lowest BCUT2D eigenvalue weighted by Gasteiger charge is -2.12. The highest BCUT2D eigenvalue weighted by molar-refractivity contribution is 5.48. The van der Waals surface area contributed by atoms with Gasteiger partial charge in [-0.2, -0.15) is 0 Å². The minimum Gasteiger partial charge on any atom is -0.492 e. The summed E-state index contributed by atoms with van der Waals surface area (Å²) in [5, 5.41) is 0. The first-order valence-electron chi connectivity index (χ1n) is 4.90. The van der Waals surface area contributed by atoms with E-state index in [4.69, 9.17) is 16.0 Å². The molecule has 0 amide bonds. The zero-order valence-corrected chi connectivity index (χ0v) is 9.28. The van der Waals surface area contributed by atoms with Crippen LogP contribution < -0.4 is 9.47 Å². The molecule has 1 aromatic rings. The minimum absolute atomic E-state index is 0.208. The van der Waals surface area contributed by atoms with E-state index in [2.05, 4.69) is 4.85 Å². The van der Waals surface area contributed by atoms with Gasteiger partial charge < -0.3 is 14.3 Å². The summed E-state index contributed by atoms with van der Waals surface area (Å²) in [6, 6.07) is 5.41. The van der Waals surface area contributed by atoms with Gasteiger partial charge in [0.1, 0.15) is 0 Å². The van der Waals surface area contributed by atoms with Gasteiger partial charge in [0.25, 0.3) is 0 Å². The Kier molecular flexibility index (Phi) is 3.99. The third-order valence-electron chi connectivity index (χ3n) is 2.16. The van der Waals surface area contributed by atoms with Crippen molar-refractivity contribution in [3.8, 4) is 11.5 Å². The van der Waals surface area contributed by atoms with E-state index in [9.17, 15) is 0 Å². The molecule has 0 aliphatic carbocycles. The molecule has 0 aromatic heterocycles. The van der Waals surface area contributed by atoms with Crippen molar-refractivity contribution in [3.05, 3.63) is 35.2 Å². The number of hydrogen-bond donors (Lipinski definition) is 0. The first-order chi connectivity index (χ1) is 7.24. The van der Waals surface area contributed by atoms with E-state index in [0.717, 1.165) is 5.56 Å². The fourth-order valence-corrected chi connectivity index (χ4v) is 1.42. The second-order valence-corrected chi connectivity index (χ2v) is 3.12. The van der Waals surface area contributed by atoms with Crippen LogP contribution in [0.25, 0.3) is 4.85 Å². The lowest BCUT2D eigenvalue weighted by atomic mass is 10.1. The molecule has 80 valence electrons. The summed E-state index contributed by atoms with van der Waals surface area (Å²) < 4.78 is 10.7. The fraction of sp³-hybridized carbons (Fsp3) is 0.417. The van der Waals surface area contributed by atoms with Crippen molar-refractivity contribution in [2.24, 2.45) is 0 Å². The van der Waals surface area contributed by atoms with Crippen LogP contribution in [0.1, 0.15) is 25.5 Å². The number of hydrogen-bond acceptors (Lipinski definition) is 2. The molecule has 0 bridgehead atoms. The van der Waals surface area contributed by atoms with Gasteiger partial charge in [-0.3, -0.25) is 0 Å². The zero-order chi connectivity index (χ0) is 11.3. The fourth-order valence-electron chi connectivity index (χ4n) is 1.42. The van der Waals surface area contributed by atoms with Gasteiger partial charge in [0.2, 0.25) is 6.04 Å². The molecule has 1 unspecified atom stereocenters. The van der Waals surface area contributed by atoms with Crippen LogP contribution in [0.4, 0.5) is 0 Å². The summed E-state index contributed by atoms with van der Waals surface area (Å²) in [6.07, 6.45) is 0. The second kappa shape index (κ2) is 5.26. The molecule has 0 radical (unpaired) electrons. The summed E-state index contributed by atoms with van der Waals surface area (Å²) in [4.78, 5) is 3.48. The highest BCUT2D eigenvalue weighted by Gasteiger charge is 2.18. The van der Waals surface area contributed by atoms with Gasteiger partial charge in [0.05, 0.1) is 19.3 Å². The maximum atomic E-state index is 7.02. The van der Waals surface area contributed by atoms with Crippen molar-refractivity contribution in [2.45, 2.75) is 19.9 Å². The van der Waals surface area contributed by atoms with E-state index in [-0.39, 0.29) is 6.04 Å². The molecular weight excluding hydrogens is 190 g/mol. The molecule has 3 nitrogen and oxygen atoms in total. The summed E-state index contributed by atoms with van der Waals surface area (Å²) in [6.45, 7) is 11.4. The predicted molar refractivity (Wildman–Crippen MR) is 59.2 cm³/mol. The highest BCUT2D eigenvalue weighted by atomic mass is 16.5. The van der Waals surface area contributed by atoms with E-state index in [1.807, 2.05) is 32.0 Å². The van der Waals surface area contributed by atoms with Crippen molar-refractivity contribution in [3.63, 3.8) is 0 Å². The van der Waals surface area contributed by atoms with Gasteiger partial charge in [0, 0.05) is 6.92 Å². The average Bonchev–Trinajstić information content (AvgIpc) is 2.28. The SMILES string of the molecule is [C-]#[N+]C(C)c1cccc(OCC)c1OC. The Labute approximate surface area is 90.5 Å². The standard InChI is InChI=1S/C12H15NO2/c1-5-15-11-8-6-7-10(9(2)13-3)12(11)14-4/h6-9H,5H2,1-2,4H3. The normalized spacial score (nSPS) is 11.6. The summed E-state index contributed by atoms with van der Waals surface area (Å²) in [7, 11) is 1.60. The number of rotatable bonds is 4. The van der Waals surface area contributed by atoms with Crippen LogP contribution in [0.2, 0.25) is 0 Å². The first kappa shape index (κ1) is 11.4. The third kappa shape index (κ3) is 2.41. The first-order valence-corrected chi connectivity index (χ1v) is 4.90. The molecule has 0 spiro atoms. The summed E-state index contributed by atoms with van der Waals surface area (Å²) in [5.41, 5.74) is 0.874. The molecule has 0 saturated heterocycles. The molecule has 0 aliphatic rings. The molecule has 1 rings (SSSR count). The molecule has 0 fully saturated rings. The van der Waals surface area contributed by atoms with Crippen molar-refractivity contribution in [2.75, 3.05) is 13.7 Å². The van der Waals surface area contributed by atoms with Gasteiger partial charge in [-0.25, -0.2) is 6.57 Å². The van der Waals surface area contributed by atoms with Crippen LogP contribution in [-0.2, 0) is 0 Å². The highest BCUT2D eigenvalue weighted by Crippen LogP contribution is 2.35. The maximum absolute atomic E-state index is 7.02. The Morgan fingerprint density at radius 3 is 2.73 bits per heavy atom. The molecule has 0 saturated carbocycles. The van der Waals surface area contributed by atoms with E-state index < -0.39 is 0 Å². The Morgan fingerprint density at radius 2 is 2.20 bits per heavy atom. The number of methoxy groups -OCH3 is 1. The van der Waals surface area contributed by atoms with Crippen LogP contribution in [0.15, 0.2) is 18.2 Å². The molecule has 1 atom stereocenters.